The third kappa shape index (κ3) is 2.60. The molecule has 0 aliphatic rings. The average Bonchev–Trinajstić information content (AvgIpc) is 2.33. The molecule has 0 saturated heterocycles. The highest BCUT2D eigenvalue weighted by Gasteiger charge is 1.86. The van der Waals surface area contributed by atoms with Gasteiger partial charge in [0.2, 0.25) is 0 Å². The Bertz CT molecular complexity index is 471. The Kier molecular flexibility index (Phi) is 3.20. The lowest BCUT2D eigenvalue weighted by Crippen LogP contribution is -2.26. The fraction of sp³-hybridized carbons (Fsp3) is 0. The molecule has 0 heterocycles. The van der Waals surface area contributed by atoms with E-state index in [0.717, 1.165) is 16.5 Å². The first-order valence-corrected chi connectivity index (χ1v) is 5.11. The summed E-state index contributed by atoms with van der Waals surface area (Å²) in [6, 6.07) is 14.5. The smallest absolute Gasteiger partial charge is 0.122 e. The second kappa shape index (κ2) is 4.80. The minimum Gasteiger partial charge on any atom is -0.275 e. The van der Waals surface area contributed by atoms with Gasteiger partial charge in [-0.3, -0.25) is 18.2 Å². The van der Waals surface area contributed by atoms with E-state index in [4.69, 9.17) is 0 Å². The maximum Gasteiger partial charge on any atom is 0.122 e. The van der Waals surface area contributed by atoms with E-state index in [-0.39, 0.29) is 5.82 Å². The number of halogens is 1. The molecule has 0 fully saturated rings. The molecular formula is C14H11BF-. The van der Waals surface area contributed by atoms with E-state index in [1.165, 1.54) is 12.1 Å². The highest BCUT2D eigenvalue weighted by atomic mass is 19.1. The number of benzene rings is 2. The van der Waals surface area contributed by atoms with E-state index in [9.17, 15) is 4.39 Å². The number of rotatable bonds is 3. The summed E-state index contributed by atoms with van der Waals surface area (Å²) in [5.41, 5.74) is 3.18. The minimum absolute atomic E-state index is 0.209. The van der Waals surface area contributed by atoms with Crippen molar-refractivity contribution >= 4 is 24.3 Å². The van der Waals surface area contributed by atoms with Crippen molar-refractivity contribution < 1.29 is 4.39 Å². The standard InChI is InChI=1S/C14H11BF/c1-2-11-3-5-12(6-4-11)15-13-7-9-14(16)10-8-13/h2-10H,1H2/q-1. The molecule has 0 spiro atoms. The van der Waals surface area contributed by atoms with Gasteiger partial charge in [-0.2, -0.15) is 0 Å². The van der Waals surface area contributed by atoms with Crippen LogP contribution in [-0.2, 0) is 0 Å². The van der Waals surface area contributed by atoms with Crippen molar-refractivity contribution in [1.82, 2.24) is 0 Å². The average molecular weight is 209 g/mol. The van der Waals surface area contributed by atoms with Gasteiger partial charge in [-0.15, -0.1) is 24.3 Å². The molecule has 2 aromatic carbocycles. The molecule has 0 aromatic heterocycles. The van der Waals surface area contributed by atoms with E-state index in [1.807, 2.05) is 37.6 Å². The summed E-state index contributed by atoms with van der Waals surface area (Å²) in [7, 11) is 2.01. The predicted molar refractivity (Wildman–Crippen MR) is 68.0 cm³/mol. The second-order valence-electron chi connectivity index (χ2n) is 3.57. The Balaban J connectivity index is 2.14. The summed E-state index contributed by atoms with van der Waals surface area (Å²) >= 11 is 0. The molecule has 16 heavy (non-hydrogen) atoms. The van der Waals surface area contributed by atoms with Gasteiger partial charge < -0.3 is 0 Å². The number of hydrogen-bond donors (Lipinski definition) is 0. The van der Waals surface area contributed by atoms with E-state index in [1.54, 1.807) is 12.1 Å². The molecule has 0 amide bonds. The summed E-state index contributed by atoms with van der Waals surface area (Å²) < 4.78 is 12.7. The molecule has 2 heteroatoms. The maximum absolute atomic E-state index is 12.7. The zero-order valence-corrected chi connectivity index (χ0v) is 8.86. The maximum atomic E-state index is 12.7. The normalized spacial score (nSPS) is 10.1. The Morgan fingerprint density at radius 1 is 0.875 bits per heavy atom. The van der Waals surface area contributed by atoms with E-state index < -0.39 is 0 Å². The van der Waals surface area contributed by atoms with Crippen molar-refractivity contribution in [3.05, 3.63) is 66.5 Å². The molecule has 2 aromatic rings. The third-order valence-corrected chi connectivity index (χ3v) is 2.38. The molecule has 2 radical (unpaired) electrons. The van der Waals surface area contributed by atoms with E-state index in [0.29, 0.717) is 0 Å². The van der Waals surface area contributed by atoms with Gasteiger partial charge in [-0.25, -0.2) is 4.39 Å². The molecule has 0 unspecified atom stereocenters. The van der Waals surface area contributed by atoms with Gasteiger partial charge in [-0.1, -0.05) is 24.8 Å². The van der Waals surface area contributed by atoms with Crippen LogP contribution in [0.1, 0.15) is 5.56 Å². The van der Waals surface area contributed by atoms with Crippen molar-refractivity contribution in [2.75, 3.05) is 0 Å². The zero-order chi connectivity index (χ0) is 11.4. The third-order valence-electron chi connectivity index (χ3n) is 2.38. The van der Waals surface area contributed by atoms with Crippen LogP contribution in [0.2, 0.25) is 0 Å². The van der Waals surface area contributed by atoms with Crippen LogP contribution >= 0.6 is 0 Å². The first-order valence-electron chi connectivity index (χ1n) is 5.11. The largest absolute Gasteiger partial charge is 0.275 e. The van der Waals surface area contributed by atoms with Crippen LogP contribution in [0.3, 0.4) is 0 Å². The highest BCUT2D eigenvalue weighted by Crippen LogP contribution is 1.97. The van der Waals surface area contributed by atoms with E-state index in [2.05, 4.69) is 6.58 Å². The van der Waals surface area contributed by atoms with Crippen molar-refractivity contribution in [3.8, 4) is 0 Å². The Morgan fingerprint density at radius 2 is 1.38 bits per heavy atom. The molecule has 0 aliphatic carbocycles. The Labute approximate surface area is 95.7 Å². The van der Waals surface area contributed by atoms with Crippen LogP contribution in [0.25, 0.3) is 6.08 Å². The molecule has 0 atom stereocenters. The molecule has 78 valence electrons. The van der Waals surface area contributed by atoms with Gasteiger partial charge in [0.05, 0.1) is 0 Å². The lowest BCUT2D eigenvalue weighted by atomic mass is 9.64. The Hall–Kier alpha value is -1.83. The minimum atomic E-state index is -0.209. The summed E-state index contributed by atoms with van der Waals surface area (Å²) in [5.74, 6) is -0.209. The van der Waals surface area contributed by atoms with Crippen molar-refractivity contribution in [3.63, 3.8) is 0 Å². The lowest BCUT2D eigenvalue weighted by Gasteiger charge is -2.17. The van der Waals surface area contributed by atoms with Gasteiger partial charge in [0.15, 0.2) is 0 Å². The fourth-order valence-electron chi connectivity index (χ4n) is 1.48. The zero-order valence-electron chi connectivity index (χ0n) is 8.86. The van der Waals surface area contributed by atoms with Crippen molar-refractivity contribution in [2.24, 2.45) is 0 Å². The highest BCUT2D eigenvalue weighted by molar-refractivity contribution is 6.67. The topological polar surface area (TPSA) is 0 Å². The first-order chi connectivity index (χ1) is 7.78. The fourth-order valence-corrected chi connectivity index (χ4v) is 1.48. The molecule has 0 N–H and O–H groups in total. The van der Waals surface area contributed by atoms with Crippen LogP contribution in [-0.4, -0.2) is 7.28 Å². The van der Waals surface area contributed by atoms with Gasteiger partial charge in [0, 0.05) is 0 Å². The SMILES string of the molecule is C=Cc1ccc([B-]c2ccc(F)cc2)cc1. The summed E-state index contributed by atoms with van der Waals surface area (Å²) in [6.45, 7) is 3.70. The van der Waals surface area contributed by atoms with Crippen LogP contribution in [0.5, 0.6) is 0 Å². The van der Waals surface area contributed by atoms with Crippen LogP contribution in [0.4, 0.5) is 4.39 Å². The quantitative estimate of drug-likeness (QED) is 0.679. The van der Waals surface area contributed by atoms with Crippen LogP contribution < -0.4 is 10.9 Å². The van der Waals surface area contributed by atoms with Crippen LogP contribution in [0.15, 0.2) is 55.1 Å². The summed E-state index contributed by atoms with van der Waals surface area (Å²) in [6.07, 6.45) is 1.81. The van der Waals surface area contributed by atoms with Crippen molar-refractivity contribution in [2.45, 2.75) is 0 Å². The molecular weight excluding hydrogens is 198 g/mol. The summed E-state index contributed by atoms with van der Waals surface area (Å²) in [4.78, 5) is 0. The molecule has 2 rings (SSSR count). The van der Waals surface area contributed by atoms with E-state index >= 15 is 0 Å². The molecule has 0 saturated carbocycles. The molecule has 0 aliphatic heterocycles. The Morgan fingerprint density at radius 3 is 1.88 bits per heavy atom. The van der Waals surface area contributed by atoms with Gasteiger partial charge in [0.1, 0.15) is 5.82 Å². The lowest BCUT2D eigenvalue weighted by molar-refractivity contribution is 0.628. The van der Waals surface area contributed by atoms with Crippen molar-refractivity contribution in [1.29, 1.82) is 0 Å². The molecule has 0 nitrogen and oxygen atoms in total. The predicted octanol–water partition coefficient (Wildman–Crippen LogP) is 2.12. The van der Waals surface area contributed by atoms with Gasteiger partial charge in [-0.05, 0) is 17.7 Å². The second-order valence-corrected chi connectivity index (χ2v) is 3.57. The number of hydrogen-bond acceptors (Lipinski definition) is 0. The molecule has 0 bridgehead atoms. The summed E-state index contributed by atoms with van der Waals surface area (Å²) in [5, 5.41) is 0. The monoisotopic (exact) mass is 209 g/mol. The first kappa shape index (κ1) is 10.7. The van der Waals surface area contributed by atoms with Gasteiger partial charge >= 0.3 is 0 Å². The van der Waals surface area contributed by atoms with Gasteiger partial charge in [0.25, 0.3) is 0 Å². The van der Waals surface area contributed by atoms with Crippen LogP contribution in [0, 0.1) is 5.82 Å².